The summed E-state index contributed by atoms with van der Waals surface area (Å²) in [5.74, 6) is 0. The van der Waals surface area contributed by atoms with Crippen LogP contribution in [0.4, 0.5) is 0 Å². The van der Waals surface area contributed by atoms with Crippen molar-refractivity contribution in [3.63, 3.8) is 0 Å². The molecule has 0 unspecified atom stereocenters. The van der Waals surface area contributed by atoms with Gasteiger partial charge in [-0.1, -0.05) is 24.2 Å². The number of benzene rings is 1. The average molecular weight is 215 g/mol. The van der Waals surface area contributed by atoms with E-state index < -0.39 is 0 Å². The van der Waals surface area contributed by atoms with Crippen LogP contribution in [0, 0.1) is 0 Å². The molecule has 0 atom stereocenters. The summed E-state index contributed by atoms with van der Waals surface area (Å²) in [6.07, 6.45) is 2.77. The van der Waals surface area contributed by atoms with Crippen LogP contribution in [0.25, 0.3) is 10.9 Å². The average Bonchev–Trinajstić information content (AvgIpc) is 2.70. The quantitative estimate of drug-likeness (QED) is 0.731. The summed E-state index contributed by atoms with van der Waals surface area (Å²) in [6.45, 7) is 2.63. The van der Waals surface area contributed by atoms with Gasteiger partial charge in [0.1, 0.15) is 6.61 Å². The molecule has 0 N–H and O–H groups in total. The lowest BCUT2D eigenvalue weighted by atomic mass is 9.99. The molecule has 0 aliphatic carbocycles. The smallest absolute Gasteiger partial charge is 0.145 e. The topological polar surface area (TPSA) is 39.4 Å². The van der Waals surface area contributed by atoms with Crippen molar-refractivity contribution in [2.75, 3.05) is 0 Å². The van der Waals surface area contributed by atoms with Crippen molar-refractivity contribution in [1.29, 1.82) is 0 Å². The third-order valence-electron chi connectivity index (χ3n) is 3.04. The van der Waals surface area contributed by atoms with Crippen molar-refractivity contribution in [1.82, 2.24) is 9.78 Å². The normalized spacial score (nSPS) is 14.5. The van der Waals surface area contributed by atoms with Crippen molar-refractivity contribution >= 4 is 16.6 Å². The lowest BCUT2D eigenvalue weighted by molar-refractivity contribution is 0.126. The van der Waals surface area contributed by atoms with Gasteiger partial charge in [0.05, 0.1) is 17.4 Å². The van der Waals surface area contributed by atoms with E-state index in [1.54, 1.807) is 0 Å². The molecule has 2 heterocycles. The van der Waals surface area contributed by atoms with E-state index in [0.29, 0.717) is 6.61 Å². The van der Waals surface area contributed by atoms with Crippen LogP contribution in [0.5, 0.6) is 0 Å². The molecular weight excluding hydrogens is 202 g/mol. The first-order valence-corrected chi connectivity index (χ1v) is 5.44. The standard InChI is InChI=1S/C12H13N3O/c1-3-11-9-5-4-8-6-13-15(2)12(8)10(9)7-16-14-11/h4-6H,3,7H2,1-2H3. The first-order chi connectivity index (χ1) is 7.81. The van der Waals surface area contributed by atoms with Crippen LogP contribution in [0.2, 0.25) is 0 Å². The maximum atomic E-state index is 5.28. The van der Waals surface area contributed by atoms with Crippen molar-refractivity contribution in [2.45, 2.75) is 20.0 Å². The van der Waals surface area contributed by atoms with Crippen molar-refractivity contribution in [3.05, 3.63) is 29.5 Å². The number of rotatable bonds is 1. The van der Waals surface area contributed by atoms with Gasteiger partial charge in [0.25, 0.3) is 0 Å². The fourth-order valence-corrected chi connectivity index (χ4v) is 2.24. The number of nitrogens with zero attached hydrogens (tertiary/aromatic N) is 3. The highest BCUT2D eigenvalue weighted by Crippen LogP contribution is 2.26. The molecule has 0 radical (unpaired) electrons. The number of hydrogen-bond donors (Lipinski definition) is 0. The summed E-state index contributed by atoms with van der Waals surface area (Å²) in [5, 5.41) is 9.53. The molecule has 3 rings (SSSR count). The predicted molar refractivity (Wildman–Crippen MR) is 62.3 cm³/mol. The summed E-state index contributed by atoms with van der Waals surface area (Å²) < 4.78 is 1.90. The molecule has 82 valence electrons. The van der Waals surface area contributed by atoms with Crippen molar-refractivity contribution < 1.29 is 4.84 Å². The van der Waals surface area contributed by atoms with E-state index in [0.717, 1.165) is 23.0 Å². The first kappa shape index (κ1) is 9.39. The fraction of sp³-hybridized carbons (Fsp3) is 0.333. The molecule has 4 heteroatoms. The van der Waals surface area contributed by atoms with Gasteiger partial charge >= 0.3 is 0 Å². The highest BCUT2D eigenvalue weighted by atomic mass is 16.6. The van der Waals surface area contributed by atoms with Crippen molar-refractivity contribution in [3.8, 4) is 0 Å². The molecule has 0 spiro atoms. The summed E-state index contributed by atoms with van der Waals surface area (Å²) in [7, 11) is 1.96. The van der Waals surface area contributed by atoms with Crippen LogP contribution in [0.1, 0.15) is 24.5 Å². The molecule has 0 amide bonds. The molecule has 16 heavy (non-hydrogen) atoms. The number of fused-ring (bicyclic) bond motifs is 3. The summed E-state index contributed by atoms with van der Waals surface area (Å²) in [6, 6.07) is 4.21. The van der Waals surface area contributed by atoms with Gasteiger partial charge in [0.15, 0.2) is 0 Å². The first-order valence-electron chi connectivity index (χ1n) is 5.44. The molecule has 0 bridgehead atoms. The Labute approximate surface area is 93.5 Å². The minimum absolute atomic E-state index is 0.537. The van der Waals surface area contributed by atoms with Crippen LogP contribution in [-0.4, -0.2) is 15.5 Å². The van der Waals surface area contributed by atoms with Crippen LogP contribution < -0.4 is 0 Å². The lowest BCUT2D eigenvalue weighted by Gasteiger charge is -2.16. The Morgan fingerprint density at radius 3 is 3.12 bits per heavy atom. The maximum absolute atomic E-state index is 5.28. The van der Waals surface area contributed by atoms with E-state index in [1.807, 2.05) is 17.9 Å². The second-order valence-corrected chi connectivity index (χ2v) is 3.96. The summed E-state index contributed by atoms with van der Waals surface area (Å²) in [5.41, 5.74) is 4.57. The number of aryl methyl sites for hydroxylation is 1. The highest BCUT2D eigenvalue weighted by molar-refractivity contribution is 6.05. The molecule has 1 aromatic carbocycles. The van der Waals surface area contributed by atoms with E-state index in [9.17, 15) is 0 Å². The Morgan fingerprint density at radius 1 is 1.44 bits per heavy atom. The van der Waals surface area contributed by atoms with Crippen LogP contribution in [-0.2, 0) is 18.5 Å². The Bertz CT molecular complexity index is 583. The zero-order chi connectivity index (χ0) is 11.1. The van der Waals surface area contributed by atoms with Gasteiger partial charge in [-0.2, -0.15) is 5.10 Å². The van der Waals surface area contributed by atoms with Gasteiger partial charge < -0.3 is 4.84 Å². The van der Waals surface area contributed by atoms with E-state index in [2.05, 4.69) is 29.3 Å². The second kappa shape index (κ2) is 3.33. The van der Waals surface area contributed by atoms with Gasteiger partial charge in [0, 0.05) is 23.6 Å². The minimum Gasteiger partial charge on any atom is -0.391 e. The molecule has 2 aromatic rings. The van der Waals surface area contributed by atoms with Crippen molar-refractivity contribution in [2.24, 2.45) is 12.2 Å². The molecule has 0 saturated heterocycles. The van der Waals surface area contributed by atoms with Gasteiger partial charge in [0.2, 0.25) is 0 Å². The van der Waals surface area contributed by atoms with Crippen LogP contribution >= 0.6 is 0 Å². The van der Waals surface area contributed by atoms with E-state index in [4.69, 9.17) is 4.84 Å². The minimum atomic E-state index is 0.537. The predicted octanol–water partition coefficient (Wildman–Crippen LogP) is 2.22. The summed E-state index contributed by atoms with van der Waals surface area (Å²) >= 11 is 0. The molecule has 0 fully saturated rings. The Hall–Kier alpha value is -1.84. The van der Waals surface area contributed by atoms with Gasteiger partial charge in [-0.25, -0.2) is 0 Å². The molecular formula is C12H13N3O. The third kappa shape index (κ3) is 1.16. The maximum Gasteiger partial charge on any atom is 0.145 e. The van der Waals surface area contributed by atoms with E-state index >= 15 is 0 Å². The summed E-state index contributed by atoms with van der Waals surface area (Å²) in [4.78, 5) is 5.28. The van der Waals surface area contributed by atoms with Gasteiger partial charge in [-0.3, -0.25) is 4.68 Å². The van der Waals surface area contributed by atoms with Crippen LogP contribution in [0.3, 0.4) is 0 Å². The number of oxime groups is 1. The fourth-order valence-electron chi connectivity index (χ4n) is 2.24. The third-order valence-corrected chi connectivity index (χ3v) is 3.04. The highest BCUT2D eigenvalue weighted by Gasteiger charge is 2.18. The van der Waals surface area contributed by atoms with Crippen LogP contribution in [0.15, 0.2) is 23.5 Å². The molecule has 4 nitrogen and oxygen atoms in total. The van der Waals surface area contributed by atoms with E-state index in [-0.39, 0.29) is 0 Å². The molecule has 0 saturated carbocycles. The molecule has 1 aromatic heterocycles. The zero-order valence-electron chi connectivity index (χ0n) is 9.40. The monoisotopic (exact) mass is 215 g/mol. The number of hydrogen-bond acceptors (Lipinski definition) is 3. The largest absolute Gasteiger partial charge is 0.391 e. The van der Waals surface area contributed by atoms with Gasteiger partial charge in [-0.15, -0.1) is 0 Å². The zero-order valence-corrected chi connectivity index (χ0v) is 9.40. The van der Waals surface area contributed by atoms with E-state index in [1.165, 1.54) is 11.1 Å². The molecule has 1 aliphatic rings. The SMILES string of the molecule is CCC1=NOCc2c1ccc1cnn(C)c21. The Morgan fingerprint density at radius 2 is 2.31 bits per heavy atom. The van der Waals surface area contributed by atoms with Gasteiger partial charge in [-0.05, 0) is 6.42 Å². The Balaban J connectivity index is 2.35. The number of aromatic nitrogens is 2. The second-order valence-electron chi connectivity index (χ2n) is 3.96. The Kier molecular flexibility index (Phi) is 1.96. The lowest BCUT2D eigenvalue weighted by Crippen LogP contribution is -2.12. The molecule has 1 aliphatic heterocycles.